The Labute approximate surface area is 118 Å². The molecule has 0 saturated carbocycles. The van der Waals surface area contributed by atoms with Crippen LogP contribution in [-0.2, 0) is 4.79 Å². The van der Waals surface area contributed by atoms with Crippen molar-refractivity contribution in [3.05, 3.63) is 35.9 Å². The van der Waals surface area contributed by atoms with E-state index < -0.39 is 18.1 Å². The van der Waals surface area contributed by atoms with Crippen LogP contribution in [0.15, 0.2) is 35.4 Å². The van der Waals surface area contributed by atoms with Gasteiger partial charge in [-0.15, -0.1) is 0 Å². The van der Waals surface area contributed by atoms with E-state index in [1.165, 1.54) is 5.01 Å². The third-order valence-corrected chi connectivity index (χ3v) is 3.57. The van der Waals surface area contributed by atoms with Crippen LogP contribution in [0.4, 0.5) is 0 Å². The number of amides is 1. The van der Waals surface area contributed by atoms with Gasteiger partial charge in [0.05, 0.1) is 18.4 Å². The van der Waals surface area contributed by atoms with Crippen molar-refractivity contribution in [1.82, 2.24) is 5.01 Å². The van der Waals surface area contributed by atoms with Gasteiger partial charge in [0.15, 0.2) is 0 Å². The maximum Gasteiger partial charge on any atom is 0.272 e. The first kappa shape index (κ1) is 14.7. The van der Waals surface area contributed by atoms with E-state index in [1.54, 1.807) is 6.92 Å². The van der Waals surface area contributed by atoms with Crippen molar-refractivity contribution < 1.29 is 15.0 Å². The Hall–Kier alpha value is -1.72. The van der Waals surface area contributed by atoms with E-state index in [1.807, 2.05) is 37.3 Å². The largest absolute Gasteiger partial charge is 0.391 e. The molecule has 5 nitrogen and oxygen atoms in total. The van der Waals surface area contributed by atoms with E-state index in [2.05, 4.69) is 5.10 Å². The van der Waals surface area contributed by atoms with Crippen LogP contribution in [0.1, 0.15) is 25.8 Å². The lowest BCUT2D eigenvalue weighted by atomic mass is 9.91. The fourth-order valence-electron chi connectivity index (χ4n) is 2.18. The molecule has 108 valence electrons. The number of carbonyl (C=O) groups excluding carboxylic acids is 1. The van der Waals surface area contributed by atoms with Crippen molar-refractivity contribution in [2.75, 3.05) is 6.54 Å². The lowest BCUT2D eigenvalue weighted by Crippen LogP contribution is -2.49. The van der Waals surface area contributed by atoms with Crippen molar-refractivity contribution in [1.29, 1.82) is 0 Å². The molecule has 0 bridgehead atoms. The number of β-amino-alcohol motifs (C(OH)–C–C–N with tert-alkyl or cyclic N) is 1. The molecule has 1 aliphatic heterocycles. The molecule has 3 atom stereocenters. The monoisotopic (exact) mass is 276 g/mol. The summed E-state index contributed by atoms with van der Waals surface area (Å²) in [4.78, 5) is 12.0. The average Bonchev–Trinajstić information content (AvgIpc) is 2.48. The zero-order chi connectivity index (χ0) is 14.7. The molecule has 1 aromatic rings. The van der Waals surface area contributed by atoms with Crippen molar-refractivity contribution in [3.63, 3.8) is 0 Å². The Kier molecular flexibility index (Phi) is 4.52. The summed E-state index contributed by atoms with van der Waals surface area (Å²) in [7, 11) is 0. The molecule has 0 radical (unpaired) electrons. The Bertz CT molecular complexity index is 501. The molecule has 3 unspecified atom stereocenters. The van der Waals surface area contributed by atoms with Gasteiger partial charge in [-0.25, -0.2) is 5.01 Å². The van der Waals surface area contributed by atoms with Gasteiger partial charge >= 0.3 is 0 Å². The topological polar surface area (TPSA) is 73.1 Å². The second kappa shape index (κ2) is 6.15. The minimum atomic E-state index is -1.12. The summed E-state index contributed by atoms with van der Waals surface area (Å²) in [6, 6.07) is 9.47. The Morgan fingerprint density at radius 2 is 2.00 bits per heavy atom. The smallest absolute Gasteiger partial charge is 0.272 e. The maximum absolute atomic E-state index is 12.0. The van der Waals surface area contributed by atoms with Gasteiger partial charge in [-0.05, 0) is 12.0 Å². The van der Waals surface area contributed by atoms with E-state index in [9.17, 15) is 15.0 Å². The second-order valence-corrected chi connectivity index (χ2v) is 5.07. The lowest BCUT2D eigenvalue weighted by Gasteiger charge is -2.32. The summed E-state index contributed by atoms with van der Waals surface area (Å²) >= 11 is 0. The van der Waals surface area contributed by atoms with Gasteiger partial charge in [0.2, 0.25) is 0 Å². The summed E-state index contributed by atoms with van der Waals surface area (Å²) in [6.45, 7) is 3.72. The average molecular weight is 276 g/mol. The molecule has 20 heavy (non-hydrogen) atoms. The summed E-state index contributed by atoms with van der Waals surface area (Å²) in [5, 5.41) is 25.3. The van der Waals surface area contributed by atoms with Crippen LogP contribution in [0, 0.1) is 5.92 Å². The van der Waals surface area contributed by atoms with Gasteiger partial charge in [-0.1, -0.05) is 44.2 Å². The molecular weight excluding hydrogens is 256 g/mol. The molecule has 2 N–H and O–H groups in total. The quantitative estimate of drug-likeness (QED) is 0.861. The minimum Gasteiger partial charge on any atom is -0.391 e. The van der Waals surface area contributed by atoms with Crippen molar-refractivity contribution in [2.24, 2.45) is 11.0 Å². The van der Waals surface area contributed by atoms with Gasteiger partial charge in [0.1, 0.15) is 6.10 Å². The fraction of sp³-hybridized carbons (Fsp3) is 0.467. The van der Waals surface area contributed by atoms with Crippen LogP contribution in [0.5, 0.6) is 0 Å². The van der Waals surface area contributed by atoms with Crippen LogP contribution in [0.3, 0.4) is 0 Å². The van der Waals surface area contributed by atoms with Gasteiger partial charge in [0, 0.05) is 5.92 Å². The van der Waals surface area contributed by atoms with Gasteiger partial charge < -0.3 is 10.2 Å². The number of hydrogen-bond acceptors (Lipinski definition) is 4. The van der Waals surface area contributed by atoms with Gasteiger partial charge in [-0.3, -0.25) is 4.79 Å². The van der Waals surface area contributed by atoms with Crippen LogP contribution in [0.2, 0.25) is 0 Å². The predicted octanol–water partition coefficient (Wildman–Crippen LogP) is 1.00. The summed E-state index contributed by atoms with van der Waals surface area (Å²) in [5.74, 6) is -0.815. The first-order chi connectivity index (χ1) is 9.54. The number of benzene rings is 1. The Balaban J connectivity index is 2.33. The van der Waals surface area contributed by atoms with E-state index in [0.717, 1.165) is 5.56 Å². The highest BCUT2D eigenvalue weighted by Crippen LogP contribution is 2.21. The number of aliphatic hydroxyl groups is 2. The third-order valence-electron chi connectivity index (χ3n) is 3.57. The van der Waals surface area contributed by atoms with E-state index in [0.29, 0.717) is 12.1 Å². The molecule has 2 rings (SSSR count). The lowest BCUT2D eigenvalue weighted by molar-refractivity contribution is -0.144. The predicted molar refractivity (Wildman–Crippen MR) is 76.2 cm³/mol. The fourth-order valence-corrected chi connectivity index (χ4v) is 2.18. The molecule has 0 saturated heterocycles. The van der Waals surface area contributed by atoms with Crippen LogP contribution >= 0.6 is 0 Å². The summed E-state index contributed by atoms with van der Waals surface area (Å²) < 4.78 is 0. The highest BCUT2D eigenvalue weighted by atomic mass is 16.3. The maximum atomic E-state index is 12.0. The molecule has 1 heterocycles. The van der Waals surface area contributed by atoms with E-state index in [4.69, 9.17) is 0 Å². The first-order valence-corrected chi connectivity index (χ1v) is 6.86. The first-order valence-electron chi connectivity index (χ1n) is 6.86. The molecule has 0 aliphatic carbocycles. The molecular formula is C15H20N2O3. The Morgan fingerprint density at radius 1 is 1.35 bits per heavy atom. The van der Waals surface area contributed by atoms with Crippen molar-refractivity contribution in [3.8, 4) is 0 Å². The summed E-state index contributed by atoms with van der Waals surface area (Å²) in [5.41, 5.74) is 1.54. The van der Waals surface area contributed by atoms with Crippen LogP contribution in [-0.4, -0.2) is 45.6 Å². The minimum absolute atomic E-state index is 0.107. The van der Waals surface area contributed by atoms with Crippen LogP contribution < -0.4 is 0 Å². The zero-order valence-electron chi connectivity index (χ0n) is 11.7. The molecule has 0 aromatic heterocycles. The molecule has 0 spiro atoms. The number of rotatable bonds is 4. The summed E-state index contributed by atoms with van der Waals surface area (Å²) in [6.07, 6.45) is -1.22. The second-order valence-electron chi connectivity index (χ2n) is 5.07. The number of hydrogen-bond donors (Lipinski definition) is 2. The molecule has 1 aromatic carbocycles. The van der Waals surface area contributed by atoms with Crippen LogP contribution in [0.25, 0.3) is 0 Å². The van der Waals surface area contributed by atoms with Gasteiger partial charge in [0.25, 0.3) is 5.91 Å². The van der Waals surface area contributed by atoms with Crippen molar-refractivity contribution >= 4 is 11.6 Å². The Morgan fingerprint density at radius 3 is 2.60 bits per heavy atom. The zero-order valence-corrected chi connectivity index (χ0v) is 11.7. The number of nitrogens with zero attached hydrogens (tertiary/aromatic N) is 2. The van der Waals surface area contributed by atoms with E-state index in [-0.39, 0.29) is 12.5 Å². The highest BCUT2D eigenvalue weighted by Gasteiger charge is 2.36. The molecule has 1 aliphatic rings. The SMILES string of the molecule is CCC(O)CN1N=C(c2ccccc2)C(C)C(O)C1=O. The molecule has 0 fully saturated rings. The normalized spacial score (nSPS) is 24.5. The number of aliphatic hydroxyl groups excluding tert-OH is 2. The molecule has 5 heteroatoms. The van der Waals surface area contributed by atoms with Gasteiger partial charge in [-0.2, -0.15) is 5.10 Å². The number of carbonyl (C=O) groups is 1. The van der Waals surface area contributed by atoms with E-state index >= 15 is 0 Å². The third kappa shape index (κ3) is 2.89. The number of hydrazone groups is 1. The standard InChI is InChI=1S/C15H20N2O3/c1-3-12(18)9-17-15(20)14(19)10(2)13(16-17)11-7-5-4-6-8-11/h4-8,10,12,14,18-19H,3,9H2,1-2H3. The molecule has 1 amide bonds. The highest BCUT2D eigenvalue weighted by molar-refractivity contribution is 6.07. The van der Waals surface area contributed by atoms with Crippen molar-refractivity contribution in [2.45, 2.75) is 32.5 Å².